The van der Waals surface area contributed by atoms with Crippen molar-refractivity contribution < 1.29 is 5.11 Å². The number of nitrogens with zero attached hydrogens (tertiary/aromatic N) is 4. The molecule has 0 amide bonds. The van der Waals surface area contributed by atoms with Gasteiger partial charge in [-0.05, 0) is 25.1 Å². The van der Waals surface area contributed by atoms with Crippen LogP contribution in [0.2, 0.25) is 5.02 Å². The zero-order chi connectivity index (χ0) is 16.7. The largest absolute Gasteiger partial charge is 0.388 e. The molecule has 6 heteroatoms. The van der Waals surface area contributed by atoms with Gasteiger partial charge in [0.1, 0.15) is 12.6 Å². The van der Waals surface area contributed by atoms with Crippen molar-refractivity contribution in [2.75, 3.05) is 0 Å². The fourth-order valence-corrected chi connectivity index (χ4v) is 3.18. The SMILES string of the molecule is CC1N=C(c2ccccc2)c2cc(Cl)ccc2-n2c(CO)nnc21. The summed E-state index contributed by atoms with van der Waals surface area (Å²) in [4.78, 5) is 4.87. The van der Waals surface area contributed by atoms with Crippen LogP contribution in [0.3, 0.4) is 0 Å². The summed E-state index contributed by atoms with van der Waals surface area (Å²) in [6, 6.07) is 15.4. The zero-order valence-corrected chi connectivity index (χ0v) is 13.8. The second kappa shape index (κ2) is 5.85. The van der Waals surface area contributed by atoms with Gasteiger partial charge in [-0.2, -0.15) is 0 Å². The van der Waals surface area contributed by atoms with Gasteiger partial charge in [-0.25, -0.2) is 0 Å². The van der Waals surface area contributed by atoms with E-state index < -0.39 is 0 Å². The zero-order valence-electron chi connectivity index (χ0n) is 13.0. The normalized spacial score (nSPS) is 16.1. The van der Waals surface area contributed by atoms with Gasteiger partial charge in [-0.1, -0.05) is 41.9 Å². The number of aliphatic hydroxyl groups is 1. The highest BCUT2D eigenvalue weighted by atomic mass is 35.5. The quantitative estimate of drug-likeness (QED) is 0.779. The summed E-state index contributed by atoms with van der Waals surface area (Å²) in [5.74, 6) is 1.19. The second-order valence-electron chi connectivity index (χ2n) is 5.65. The van der Waals surface area contributed by atoms with E-state index in [9.17, 15) is 5.11 Å². The number of aromatic nitrogens is 3. The Hall–Kier alpha value is -2.50. The molecule has 0 saturated heterocycles. The molecule has 0 saturated carbocycles. The van der Waals surface area contributed by atoms with Gasteiger partial charge >= 0.3 is 0 Å². The Kier molecular flexibility index (Phi) is 3.67. The average molecular weight is 339 g/mol. The molecule has 4 rings (SSSR count). The number of aliphatic imine (C=N–C) groups is 1. The van der Waals surface area contributed by atoms with Gasteiger partial charge in [0.2, 0.25) is 0 Å². The molecule has 1 aliphatic rings. The first-order valence-corrected chi connectivity index (χ1v) is 8.05. The Morgan fingerprint density at radius 2 is 1.92 bits per heavy atom. The lowest BCUT2D eigenvalue weighted by atomic mass is 10.0. The molecule has 24 heavy (non-hydrogen) atoms. The molecule has 0 aliphatic carbocycles. The maximum Gasteiger partial charge on any atom is 0.163 e. The number of aliphatic hydroxyl groups excluding tert-OH is 1. The summed E-state index contributed by atoms with van der Waals surface area (Å²) in [5.41, 5.74) is 3.64. The lowest BCUT2D eigenvalue weighted by Crippen LogP contribution is -2.09. The van der Waals surface area contributed by atoms with Crippen LogP contribution in [-0.4, -0.2) is 25.6 Å². The highest BCUT2D eigenvalue weighted by Crippen LogP contribution is 2.32. The topological polar surface area (TPSA) is 63.3 Å². The van der Waals surface area contributed by atoms with Gasteiger partial charge in [-0.15, -0.1) is 10.2 Å². The summed E-state index contributed by atoms with van der Waals surface area (Å²) in [6.07, 6.45) is 0. The van der Waals surface area contributed by atoms with Crippen LogP contribution in [0.5, 0.6) is 0 Å². The molecular weight excluding hydrogens is 324 g/mol. The van der Waals surface area contributed by atoms with Gasteiger partial charge in [-0.3, -0.25) is 9.56 Å². The minimum atomic E-state index is -0.195. The van der Waals surface area contributed by atoms with Crippen molar-refractivity contribution in [2.24, 2.45) is 4.99 Å². The smallest absolute Gasteiger partial charge is 0.163 e. The third kappa shape index (κ3) is 2.33. The first-order valence-electron chi connectivity index (χ1n) is 7.67. The second-order valence-corrected chi connectivity index (χ2v) is 6.09. The van der Waals surface area contributed by atoms with Crippen molar-refractivity contribution in [1.82, 2.24) is 14.8 Å². The summed E-state index contributed by atoms with van der Waals surface area (Å²) in [7, 11) is 0. The molecule has 0 spiro atoms. The molecule has 1 aromatic heterocycles. The monoisotopic (exact) mass is 338 g/mol. The van der Waals surface area contributed by atoms with Crippen molar-refractivity contribution in [3.8, 4) is 5.69 Å². The molecule has 2 aromatic carbocycles. The Bertz CT molecular complexity index is 933. The van der Waals surface area contributed by atoms with Crippen LogP contribution >= 0.6 is 11.6 Å². The predicted octanol–water partition coefficient (Wildman–Crippen LogP) is 3.33. The molecule has 0 fully saturated rings. The number of halogens is 1. The van der Waals surface area contributed by atoms with Crippen molar-refractivity contribution in [3.63, 3.8) is 0 Å². The van der Waals surface area contributed by atoms with Crippen LogP contribution in [0.25, 0.3) is 5.69 Å². The van der Waals surface area contributed by atoms with Crippen LogP contribution in [0.1, 0.15) is 35.7 Å². The predicted molar refractivity (Wildman–Crippen MR) is 92.8 cm³/mol. The van der Waals surface area contributed by atoms with E-state index in [0.29, 0.717) is 16.7 Å². The van der Waals surface area contributed by atoms with Crippen molar-refractivity contribution in [1.29, 1.82) is 0 Å². The summed E-state index contributed by atoms with van der Waals surface area (Å²) >= 11 is 6.25. The van der Waals surface area contributed by atoms with Crippen LogP contribution in [-0.2, 0) is 6.61 Å². The van der Waals surface area contributed by atoms with Gasteiger partial charge in [0.25, 0.3) is 0 Å². The van der Waals surface area contributed by atoms with Gasteiger partial charge in [0, 0.05) is 16.1 Å². The number of benzene rings is 2. The van der Waals surface area contributed by atoms with Crippen molar-refractivity contribution >= 4 is 17.3 Å². The number of hydrogen-bond acceptors (Lipinski definition) is 4. The fraction of sp³-hybridized carbons (Fsp3) is 0.167. The van der Waals surface area contributed by atoms with Gasteiger partial charge < -0.3 is 5.11 Å². The molecule has 1 unspecified atom stereocenters. The lowest BCUT2D eigenvalue weighted by molar-refractivity contribution is 0.268. The first kappa shape index (κ1) is 15.1. The molecule has 0 bridgehead atoms. The van der Waals surface area contributed by atoms with Crippen LogP contribution in [0.15, 0.2) is 53.5 Å². The molecule has 0 radical (unpaired) electrons. The standard InChI is InChI=1S/C18H15ClN4O/c1-11-18-22-21-16(10-24)23(18)15-8-7-13(19)9-14(15)17(20-11)12-5-3-2-4-6-12/h2-9,11,24H,10H2,1H3. The van der Waals surface area contributed by atoms with Gasteiger partial charge in [0.15, 0.2) is 11.6 Å². The molecule has 1 N–H and O–H groups in total. The number of fused-ring (bicyclic) bond motifs is 3. The van der Waals surface area contributed by atoms with Crippen LogP contribution < -0.4 is 0 Å². The third-order valence-electron chi connectivity index (χ3n) is 4.09. The minimum Gasteiger partial charge on any atom is -0.388 e. The Morgan fingerprint density at radius 1 is 1.12 bits per heavy atom. The first-order chi connectivity index (χ1) is 11.7. The third-order valence-corrected chi connectivity index (χ3v) is 4.33. The summed E-state index contributed by atoms with van der Waals surface area (Å²) < 4.78 is 1.87. The Labute approximate surface area is 144 Å². The van der Waals surface area contributed by atoms with E-state index in [1.165, 1.54) is 0 Å². The van der Waals surface area contributed by atoms with Gasteiger partial charge in [0.05, 0.1) is 11.4 Å². The number of rotatable bonds is 2. The van der Waals surface area contributed by atoms with Crippen molar-refractivity contribution in [3.05, 3.63) is 76.3 Å². The highest BCUT2D eigenvalue weighted by Gasteiger charge is 2.26. The maximum atomic E-state index is 9.64. The molecule has 1 aliphatic heterocycles. The highest BCUT2D eigenvalue weighted by molar-refractivity contribution is 6.31. The molecular formula is C18H15ClN4O. The van der Waals surface area contributed by atoms with Crippen LogP contribution in [0.4, 0.5) is 0 Å². The fourth-order valence-electron chi connectivity index (χ4n) is 3.01. The van der Waals surface area contributed by atoms with E-state index in [0.717, 1.165) is 22.5 Å². The molecule has 3 aromatic rings. The Morgan fingerprint density at radius 3 is 2.67 bits per heavy atom. The molecule has 5 nitrogen and oxygen atoms in total. The van der Waals surface area contributed by atoms with E-state index in [-0.39, 0.29) is 12.6 Å². The average Bonchev–Trinajstić information content (AvgIpc) is 2.99. The van der Waals surface area contributed by atoms with Crippen LogP contribution in [0, 0.1) is 0 Å². The van der Waals surface area contributed by atoms with E-state index >= 15 is 0 Å². The van der Waals surface area contributed by atoms with E-state index in [1.54, 1.807) is 0 Å². The molecule has 2 heterocycles. The summed E-state index contributed by atoms with van der Waals surface area (Å²) in [6.45, 7) is 1.78. The summed E-state index contributed by atoms with van der Waals surface area (Å²) in [5, 5.41) is 18.6. The molecule has 120 valence electrons. The Balaban J connectivity index is 2.04. The van der Waals surface area contributed by atoms with Crippen molar-refractivity contribution in [2.45, 2.75) is 19.6 Å². The lowest BCUT2D eigenvalue weighted by Gasteiger charge is -2.13. The van der Waals surface area contributed by atoms with E-state index in [1.807, 2.05) is 60.0 Å². The van der Waals surface area contributed by atoms with E-state index in [4.69, 9.17) is 16.6 Å². The minimum absolute atomic E-state index is 0.192. The number of hydrogen-bond donors (Lipinski definition) is 1. The maximum absolute atomic E-state index is 9.64. The van der Waals surface area contributed by atoms with E-state index in [2.05, 4.69) is 10.2 Å². The molecule has 1 atom stereocenters.